The monoisotopic (exact) mass is 345 g/mol. The molecule has 26 heavy (non-hydrogen) atoms. The Hall–Kier alpha value is -2.72. The number of piperazine rings is 1. The van der Waals surface area contributed by atoms with Gasteiger partial charge in [0.1, 0.15) is 0 Å². The number of carbonyl (C=O) groups excluding carboxylic acids is 1. The lowest BCUT2D eigenvalue weighted by atomic mass is 10.0. The smallest absolute Gasteiger partial charge is 0.223 e. The van der Waals surface area contributed by atoms with Gasteiger partial charge in [-0.15, -0.1) is 0 Å². The van der Waals surface area contributed by atoms with Crippen LogP contribution in [0.1, 0.15) is 23.6 Å². The fraction of sp³-hybridized carbons (Fsp3) is 0.273. The van der Waals surface area contributed by atoms with Crippen molar-refractivity contribution >= 4 is 16.7 Å². The number of carbonyl (C=O) groups is 1. The summed E-state index contributed by atoms with van der Waals surface area (Å²) < 4.78 is 0. The average Bonchev–Trinajstić information content (AvgIpc) is 2.72. The average molecular weight is 345 g/mol. The summed E-state index contributed by atoms with van der Waals surface area (Å²) in [6.07, 6.45) is 4.94. The summed E-state index contributed by atoms with van der Waals surface area (Å²) in [4.78, 5) is 19.1. The van der Waals surface area contributed by atoms with Crippen molar-refractivity contribution in [3.8, 4) is 0 Å². The van der Waals surface area contributed by atoms with E-state index >= 15 is 0 Å². The molecule has 0 spiro atoms. The van der Waals surface area contributed by atoms with E-state index in [0.717, 1.165) is 31.6 Å². The van der Waals surface area contributed by atoms with Gasteiger partial charge >= 0.3 is 0 Å². The molecule has 1 N–H and O–H groups in total. The van der Waals surface area contributed by atoms with Crippen LogP contribution in [-0.2, 0) is 11.2 Å². The first kappa shape index (κ1) is 16.7. The highest BCUT2D eigenvalue weighted by Crippen LogP contribution is 2.23. The number of nitrogens with one attached hydrogen (secondary N) is 1. The maximum absolute atomic E-state index is 12.9. The lowest BCUT2D eigenvalue weighted by Crippen LogP contribution is -2.48. The Morgan fingerprint density at radius 1 is 1.12 bits per heavy atom. The molecule has 1 unspecified atom stereocenters. The minimum atomic E-state index is 0.0709. The standard InChI is InChI=1S/C22H23N3O/c26-22(10-8-17-7-9-18-4-1-2-5-19(18)14-17)25-13-12-24-16-21(25)20-6-3-11-23-15-20/h1-7,9,11,14-15,21,24H,8,10,12-13,16H2. The van der Waals surface area contributed by atoms with Gasteiger partial charge in [-0.3, -0.25) is 9.78 Å². The summed E-state index contributed by atoms with van der Waals surface area (Å²) in [5, 5.41) is 5.86. The molecular weight excluding hydrogens is 322 g/mol. The number of pyridine rings is 1. The Balaban J connectivity index is 1.45. The van der Waals surface area contributed by atoms with Gasteiger partial charge in [-0.05, 0) is 34.4 Å². The summed E-state index contributed by atoms with van der Waals surface area (Å²) >= 11 is 0. The van der Waals surface area contributed by atoms with Crippen LogP contribution in [0, 0.1) is 0 Å². The van der Waals surface area contributed by atoms with Gasteiger partial charge < -0.3 is 10.2 Å². The first-order chi connectivity index (χ1) is 12.8. The molecule has 2 heterocycles. The first-order valence-corrected chi connectivity index (χ1v) is 9.19. The van der Waals surface area contributed by atoms with Gasteiger partial charge in [-0.25, -0.2) is 0 Å². The highest BCUT2D eigenvalue weighted by atomic mass is 16.2. The van der Waals surface area contributed by atoms with Crippen molar-refractivity contribution in [2.24, 2.45) is 0 Å². The van der Waals surface area contributed by atoms with Crippen LogP contribution in [0.15, 0.2) is 67.0 Å². The van der Waals surface area contributed by atoms with Crippen LogP contribution in [0.3, 0.4) is 0 Å². The van der Waals surface area contributed by atoms with Crippen molar-refractivity contribution in [3.05, 3.63) is 78.1 Å². The lowest BCUT2D eigenvalue weighted by Gasteiger charge is -2.36. The summed E-state index contributed by atoms with van der Waals surface area (Å²) in [7, 11) is 0. The largest absolute Gasteiger partial charge is 0.333 e. The van der Waals surface area contributed by atoms with Gasteiger partial charge in [0.05, 0.1) is 6.04 Å². The minimum absolute atomic E-state index is 0.0709. The molecule has 1 atom stereocenters. The molecule has 1 amide bonds. The molecule has 2 aromatic carbocycles. The van der Waals surface area contributed by atoms with Gasteiger partial charge in [0.15, 0.2) is 0 Å². The van der Waals surface area contributed by atoms with E-state index in [1.54, 1.807) is 6.20 Å². The van der Waals surface area contributed by atoms with Gasteiger partial charge in [0, 0.05) is 38.4 Å². The summed E-state index contributed by atoms with van der Waals surface area (Å²) in [5.41, 5.74) is 2.31. The number of aryl methyl sites for hydroxylation is 1. The first-order valence-electron chi connectivity index (χ1n) is 9.19. The van der Waals surface area contributed by atoms with Crippen LogP contribution in [0.4, 0.5) is 0 Å². The van der Waals surface area contributed by atoms with Gasteiger partial charge in [0.25, 0.3) is 0 Å². The predicted molar refractivity (Wildman–Crippen MR) is 104 cm³/mol. The van der Waals surface area contributed by atoms with Crippen LogP contribution in [-0.4, -0.2) is 35.4 Å². The molecule has 1 saturated heterocycles. The zero-order valence-corrected chi connectivity index (χ0v) is 14.8. The highest BCUT2D eigenvalue weighted by molar-refractivity contribution is 5.83. The number of nitrogens with zero attached hydrogens (tertiary/aromatic N) is 2. The normalized spacial score (nSPS) is 17.4. The molecule has 132 valence electrons. The summed E-state index contributed by atoms with van der Waals surface area (Å²) in [6, 6.07) is 18.9. The van der Waals surface area contributed by atoms with Crippen molar-refractivity contribution in [3.63, 3.8) is 0 Å². The third-order valence-electron chi connectivity index (χ3n) is 5.07. The van der Waals surface area contributed by atoms with Crippen molar-refractivity contribution in [2.75, 3.05) is 19.6 Å². The van der Waals surface area contributed by atoms with Crippen LogP contribution < -0.4 is 5.32 Å². The number of amides is 1. The Morgan fingerprint density at radius 3 is 2.85 bits per heavy atom. The van der Waals surface area contributed by atoms with E-state index in [4.69, 9.17) is 0 Å². The van der Waals surface area contributed by atoms with E-state index in [-0.39, 0.29) is 11.9 Å². The third-order valence-corrected chi connectivity index (χ3v) is 5.07. The molecule has 4 nitrogen and oxygen atoms in total. The quantitative estimate of drug-likeness (QED) is 0.789. The number of fused-ring (bicyclic) bond motifs is 1. The molecule has 0 saturated carbocycles. The zero-order chi connectivity index (χ0) is 17.8. The molecule has 1 fully saturated rings. The summed E-state index contributed by atoms with van der Waals surface area (Å²) in [6.45, 7) is 2.38. The van der Waals surface area contributed by atoms with Crippen LogP contribution >= 0.6 is 0 Å². The van der Waals surface area contributed by atoms with Gasteiger partial charge in [0.2, 0.25) is 5.91 Å². The second-order valence-electron chi connectivity index (χ2n) is 6.77. The Labute approximate surface area is 153 Å². The molecule has 1 aromatic heterocycles. The van der Waals surface area contributed by atoms with Crippen molar-refractivity contribution in [1.29, 1.82) is 0 Å². The van der Waals surface area contributed by atoms with E-state index in [2.05, 4.69) is 52.8 Å². The molecule has 4 heteroatoms. The van der Waals surface area contributed by atoms with Crippen LogP contribution in [0.2, 0.25) is 0 Å². The zero-order valence-electron chi connectivity index (χ0n) is 14.8. The topological polar surface area (TPSA) is 45.2 Å². The number of hydrogen-bond acceptors (Lipinski definition) is 3. The number of aromatic nitrogens is 1. The van der Waals surface area contributed by atoms with E-state index < -0.39 is 0 Å². The van der Waals surface area contributed by atoms with E-state index in [9.17, 15) is 4.79 Å². The van der Waals surface area contributed by atoms with Crippen molar-refractivity contribution in [2.45, 2.75) is 18.9 Å². The van der Waals surface area contributed by atoms with Crippen molar-refractivity contribution < 1.29 is 4.79 Å². The van der Waals surface area contributed by atoms with E-state index in [0.29, 0.717) is 6.42 Å². The third kappa shape index (κ3) is 3.60. The Bertz CT molecular complexity index is 894. The second-order valence-corrected chi connectivity index (χ2v) is 6.77. The summed E-state index contributed by atoms with van der Waals surface area (Å²) in [5.74, 6) is 0.216. The number of hydrogen-bond donors (Lipinski definition) is 1. The van der Waals surface area contributed by atoms with E-state index in [1.165, 1.54) is 16.3 Å². The maximum atomic E-state index is 12.9. The number of benzene rings is 2. The second kappa shape index (κ2) is 7.67. The van der Waals surface area contributed by atoms with Gasteiger partial charge in [-0.2, -0.15) is 0 Å². The fourth-order valence-electron chi connectivity index (χ4n) is 3.66. The molecule has 4 rings (SSSR count). The van der Waals surface area contributed by atoms with Crippen molar-refractivity contribution in [1.82, 2.24) is 15.2 Å². The van der Waals surface area contributed by atoms with Crippen LogP contribution in [0.25, 0.3) is 10.8 Å². The molecule has 3 aromatic rings. The maximum Gasteiger partial charge on any atom is 0.223 e. The fourth-order valence-corrected chi connectivity index (χ4v) is 3.66. The van der Waals surface area contributed by atoms with E-state index in [1.807, 2.05) is 23.2 Å². The molecule has 1 aliphatic rings. The Kier molecular flexibility index (Phi) is 4.93. The molecule has 1 aliphatic heterocycles. The minimum Gasteiger partial charge on any atom is -0.333 e. The lowest BCUT2D eigenvalue weighted by molar-refractivity contribution is -0.134. The SMILES string of the molecule is O=C(CCc1ccc2ccccc2c1)N1CCNCC1c1cccnc1. The molecule has 0 bridgehead atoms. The predicted octanol–water partition coefficient (Wildman–Crippen LogP) is 3.34. The van der Waals surface area contributed by atoms with Crippen LogP contribution in [0.5, 0.6) is 0 Å². The molecule has 0 radical (unpaired) electrons. The number of rotatable bonds is 4. The molecular formula is C22H23N3O. The van der Waals surface area contributed by atoms with Gasteiger partial charge in [-0.1, -0.05) is 48.5 Å². The highest BCUT2D eigenvalue weighted by Gasteiger charge is 2.27. The molecule has 0 aliphatic carbocycles. The Morgan fingerprint density at radius 2 is 2.00 bits per heavy atom.